The van der Waals surface area contributed by atoms with Gasteiger partial charge in [-0.1, -0.05) is 12.1 Å². The number of hydrogen-bond acceptors (Lipinski definition) is 4. The number of nitrogens with two attached hydrogens (primary N) is 1. The monoisotopic (exact) mass is 377 g/mol. The van der Waals surface area contributed by atoms with Crippen molar-refractivity contribution < 1.29 is 18.7 Å². The van der Waals surface area contributed by atoms with Gasteiger partial charge in [-0.2, -0.15) is 0 Å². The Bertz CT molecular complexity index is 906. The zero-order valence-corrected chi connectivity index (χ0v) is 14.8. The number of imidazole rings is 1. The fourth-order valence-electron chi connectivity index (χ4n) is 3.26. The molecule has 1 atom stereocenters. The molecule has 3 rings (SSSR count). The maximum absolute atomic E-state index is 13.4. The molecule has 1 saturated heterocycles. The van der Waals surface area contributed by atoms with Crippen LogP contribution in [0.5, 0.6) is 0 Å². The number of benzene rings is 1. The number of aliphatic hydroxyl groups excluding tert-OH is 1. The van der Waals surface area contributed by atoms with E-state index >= 15 is 0 Å². The van der Waals surface area contributed by atoms with E-state index < -0.39 is 13.0 Å². The molecule has 0 unspecified atom stereocenters. The van der Waals surface area contributed by atoms with Crippen LogP contribution in [0.3, 0.4) is 0 Å². The van der Waals surface area contributed by atoms with Gasteiger partial charge >= 0.3 is 0 Å². The molecule has 7 nitrogen and oxygen atoms in total. The number of para-hydroxylation sites is 2. The Morgan fingerprint density at radius 3 is 2.93 bits per heavy atom. The number of fused-ring (bicyclic) bond motifs is 1. The molecule has 1 aliphatic heterocycles. The van der Waals surface area contributed by atoms with Gasteiger partial charge in [-0.25, -0.2) is 13.8 Å². The highest BCUT2D eigenvalue weighted by Crippen LogP contribution is 2.27. The number of carbonyl (C=O) groups excluding carboxylic acids is 1. The van der Waals surface area contributed by atoms with E-state index in [1.54, 1.807) is 31.2 Å². The Labute approximate surface area is 154 Å². The molecule has 1 aromatic carbocycles. The van der Waals surface area contributed by atoms with Crippen LogP contribution in [0.1, 0.15) is 25.6 Å². The molecule has 1 aliphatic rings. The highest BCUT2D eigenvalue weighted by Gasteiger charge is 2.25. The third-order valence-electron chi connectivity index (χ3n) is 4.47. The summed E-state index contributed by atoms with van der Waals surface area (Å²) in [7, 11) is 0. The molecule has 27 heavy (non-hydrogen) atoms. The second kappa shape index (κ2) is 7.83. The summed E-state index contributed by atoms with van der Waals surface area (Å²) in [4.78, 5) is 21.4. The van der Waals surface area contributed by atoms with Crippen LogP contribution in [0.2, 0.25) is 0 Å². The van der Waals surface area contributed by atoms with Gasteiger partial charge < -0.3 is 15.7 Å². The third kappa shape index (κ3) is 3.97. The van der Waals surface area contributed by atoms with E-state index in [9.17, 15) is 13.6 Å². The second-order valence-electron chi connectivity index (χ2n) is 6.37. The van der Waals surface area contributed by atoms with Crippen LogP contribution in [-0.2, 0) is 4.79 Å². The fraction of sp³-hybridized carbons (Fsp3) is 0.389. The highest BCUT2D eigenvalue weighted by atomic mass is 19.3. The zero-order chi connectivity index (χ0) is 19.6. The van der Waals surface area contributed by atoms with Gasteiger partial charge in [-0.15, -0.1) is 0 Å². The molecule has 2 heterocycles. The lowest BCUT2D eigenvalue weighted by Gasteiger charge is -2.13. The van der Waals surface area contributed by atoms with E-state index in [1.165, 1.54) is 15.5 Å². The molecule has 0 bridgehead atoms. The molecule has 0 aliphatic carbocycles. The quantitative estimate of drug-likeness (QED) is 0.613. The van der Waals surface area contributed by atoms with Gasteiger partial charge in [-0.05, 0) is 31.6 Å². The number of aliphatic hydroxyl groups is 1. The number of amidine groups is 1. The van der Waals surface area contributed by atoms with Crippen LogP contribution < -0.4 is 5.73 Å². The second-order valence-corrected chi connectivity index (χ2v) is 6.37. The molecular weight excluding hydrogens is 356 g/mol. The average Bonchev–Trinajstić information content (AvgIpc) is 3.25. The molecule has 0 saturated carbocycles. The predicted octanol–water partition coefficient (Wildman–Crippen LogP) is 1.79. The minimum Gasteiger partial charge on any atom is -0.387 e. The van der Waals surface area contributed by atoms with Crippen molar-refractivity contribution in [2.24, 2.45) is 10.7 Å². The van der Waals surface area contributed by atoms with Crippen molar-refractivity contribution in [3.05, 3.63) is 36.2 Å². The van der Waals surface area contributed by atoms with Crippen molar-refractivity contribution in [3.63, 3.8) is 0 Å². The van der Waals surface area contributed by atoms with E-state index in [4.69, 9.17) is 10.8 Å². The van der Waals surface area contributed by atoms with Crippen molar-refractivity contribution in [1.29, 1.82) is 0 Å². The summed E-state index contributed by atoms with van der Waals surface area (Å²) in [5.74, 6) is -0.503. The molecule has 9 heteroatoms. The zero-order valence-electron chi connectivity index (χ0n) is 14.8. The number of carbonyl (C=O) groups is 1. The third-order valence-corrected chi connectivity index (χ3v) is 4.47. The minimum absolute atomic E-state index is 0.182. The van der Waals surface area contributed by atoms with Crippen LogP contribution in [0.15, 0.2) is 35.3 Å². The Balaban J connectivity index is 1.86. The van der Waals surface area contributed by atoms with Gasteiger partial charge in [-0.3, -0.25) is 14.4 Å². The van der Waals surface area contributed by atoms with E-state index in [2.05, 4.69) is 9.98 Å². The van der Waals surface area contributed by atoms with E-state index in [0.29, 0.717) is 36.2 Å². The smallest absolute Gasteiger partial charge is 0.295 e. The first-order chi connectivity index (χ1) is 12.9. The van der Waals surface area contributed by atoms with Gasteiger partial charge in [0.05, 0.1) is 17.1 Å². The lowest BCUT2D eigenvalue weighted by atomic mass is 10.2. The number of aromatic nitrogens is 2. The number of rotatable bonds is 5. The van der Waals surface area contributed by atoms with Crippen molar-refractivity contribution in [2.75, 3.05) is 19.7 Å². The molecule has 1 aromatic heterocycles. The molecule has 1 fully saturated rings. The van der Waals surface area contributed by atoms with E-state index in [1.807, 2.05) is 0 Å². The maximum Gasteiger partial charge on any atom is 0.295 e. The Kier molecular flexibility index (Phi) is 5.50. The van der Waals surface area contributed by atoms with Crippen molar-refractivity contribution >= 4 is 28.5 Å². The molecular formula is C18H21F2N5O2. The van der Waals surface area contributed by atoms with E-state index in [-0.39, 0.29) is 23.6 Å². The number of hydrogen-bond donors (Lipinski definition) is 2. The van der Waals surface area contributed by atoms with E-state index in [0.717, 1.165) is 0 Å². The largest absolute Gasteiger partial charge is 0.387 e. The topological polar surface area (TPSA) is 96.7 Å². The van der Waals surface area contributed by atoms with Crippen molar-refractivity contribution in [1.82, 2.24) is 14.5 Å². The number of allylic oxidation sites excluding steroid dienone is 1. The summed E-state index contributed by atoms with van der Waals surface area (Å²) in [5, 5.41) is 8.91. The lowest BCUT2D eigenvalue weighted by molar-refractivity contribution is -0.133. The van der Waals surface area contributed by atoms with Crippen molar-refractivity contribution in [3.8, 4) is 0 Å². The fourth-order valence-corrected chi connectivity index (χ4v) is 3.26. The maximum atomic E-state index is 13.4. The molecule has 2 aromatic rings. The summed E-state index contributed by atoms with van der Waals surface area (Å²) in [5.41, 5.74) is 7.50. The normalized spacial score (nSPS) is 18.7. The predicted molar refractivity (Wildman–Crippen MR) is 98.3 cm³/mol. The molecule has 1 amide bonds. The summed E-state index contributed by atoms with van der Waals surface area (Å²) in [6.45, 7) is 2.02. The minimum atomic E-state index is -2.73. The number of likely N-dealkylation sites (tertiary alicyclic amines) is 1. The number of alkyl halides is 2. The number of amides is 1. The lowest BCUT2D eigenvalue weighted by Crippen LogP contribution is -2.31. The van der Waals surface area contributed by atoms with Gasteiger partial charge in [0.1, 0.15) is 12.4 Å². The Morgan fingerprint density at radius 2 is 2.22 bits per heavy atom. The molecule has 144 valence electrons. The van der Waals surface area contributed by atoms with Gasteiger partial charge in [0, 0.05) is 18.8 Å². The Hall–Kier alpha value is -2.81. The van der Waals surface area contributed by atoms with Crippen LogP contribution in [0.25, 0.3) is 16.7 Å². The number of aliphatic imine (C=N–C) groups is 1. The highest BCUT2D eigenvalue weighted by molar-refractivity contribution is 5.96. The average molecular weight is 377 g/mol. The van der Waals surface area contributed by atoms with Crippen LogP contribution in [0, 0.1) is 0 Å². The number of halogens is 2. The first-order valence-corrected chi connectivity index (χ1v) is 8.56. The van der Waals surface area contributed by atoms with Crippen LogP contribution in [-0.4, -0.2) is 57.0 Å². The summed E-state index contributed by atoms with van der Waals surface area (Å²) >= 11 is 0. The SMILES string of the molecule is C/C(=C\C(N)=N[C@H]1CCN(C(=O)CO)C1)n1c(C(F)F)nc2ccccc21. The summed E-state index contributed by atoms with van der Waals surface area (Å²) < 4.78 is 28.2. The Morgan fingerprint density at radius 1 is 1.48 bits per heavy atom. The molecule has 0 spiro atoms. The molecule has 3 N–H and O–H groups in total. The van der Waals surface area contributed by atoms with Gasteiger partial charge in [0.15, 0.2) is 5.82 Å². The standard InChI is InChI=1S/C18H21F2N5O2/c1-11(8-15(21)22-12-6-7-24(9-12)16(27)10-26)25-14-5-3-2-4-13(14)23-18(25)17(19)20/h2-5,8,12,17,26H,6-7,9-10H2,1H3,(H2,21,22)/b11-8+/t12-/m0/s1. The van der Waals surface area contributed by atoms with Crippen molar-refractivity contribution in [2.45, 2.75) is 25.8 Å². The van der Waals surface area contributed by atoms with Crippen LogP contribution >= 0.6 is 0 Å². The molecule has 0 radical (unpaired) electrons. The van der Waals surface area contributed by atoms with Gasteiger partial charge in [0.2, 0.25) is 5.91 Å². The number of nitrogens with zero attached hydrogens (tertiary/aromatic N) is 4. The first kappa shape index (κ1) is 19.0. The summed E-state index contributed by atoms with van der Waals surface area (Å²) in [6.07, 6.45) is -0.571. The van der Waals surface area contributed by atoms with Crippen LogP contribution in [0.4, 0.5) is 8.78 Å². The summed E-state index contributed by atoms with van der Waals surface area (Å²) in [6, 6.07) is 6.70. The van der Waals surface area contributed by atoms with Gasteiger partial charge in [0.25, 0.3) is 6.43 Å². The first-order valence-electron chi connectivity index (χ1n) is 8.56.